The summed E-state index contributed by atoms with van der Waals surface area (Å²) in [5.74, 6) is -0.197. The molecule has 1 atom stereocenters. The largest absolute Gasteiger partial charge is 0.397 e. The van der Waals surface area contributed by atoms with Gasteiger partial charge in [-0.05, 0) is 31.2 Å². The van der Waals surface area contributed by atoms with E-state index in [1.54, 1.807) is 12.1 Å². The Kier molecular flexibility index (Phi) is 4.10. The molecule has 0 aliphatic rings. The van der Waals surface area contributed by atoms with E-state index in [2.05, 4.69) is 15.9 Å². The van der Waals surface area contributed by atoms with Gasteiger partial charge in [0.1, 0.15) is 5.82 Å². The standard InChI is InChI=1S/C15H16BrFN2/c1-10(12-5-3-4-6-13(12)17)19(2)15-8-7-11(16)9-14(15)18/h3-10H,18H2,1-2H3. The summed E-state index contributed by atoms with van der Waals surface area (Å²) in [5.41, 5.74) is 8.23. The lowest BCUT2D eigenvalue weighted by molar-refractivity contribution is 0.585. The summed E-state index contributed by atoms with van der Waals surface area (Å²) in [4.78, 5) is 1.97. The van der Waals surface area contributed by atoms with Gasteiger partial charge >= 0.3 is 0 Å². The van der Waals surface area contributed by atoms with Crippen LogP contribution in [0.3, 0.4) is 0 Å². The zero-order valence-electron chi connectivity index (χ0n) is 10.9. The molecule has 2 rings (SSSR count). The molecule has 0 aromatic heterocycles. The third-order valence-corrected chi connectivity index (χ3v) is 3.80. The van der Waals surface area contributed by atoms with Gasteiger partial charge in [0.25, 0.3) is 0 Å². The molecule has 0 saturated carbocycles. The molecular weight excluding hydrogens is 307 g/mol. The normalized spacial score (nSPS) is 12.2. The third-order valence-electron chi connectivity index (χ3n) is 3.31. The Balaban J connectivity index is 2.33. The van der Waals surface area contributed by atoms with Gasteiger partial charge in [0.2, 0.25) is 0 Å². The average Bonchev–Trinajstić information content (AvgIpc) is 2.38. The molecule has 2 aromatic carbocycles. The molecule has 2 nitrogen and oxygen atoms in total. The molecule has 0 saturated heterocycles. The molecule has 4 heteroatoms. The van der Waals surface area contributed by atoms with E-state index in [9.17, 15) is 4.39 Å². The van der Waals surface area contributed by atoms with Gasteiger partial charge < -0.3 is 10.6 Å². The summed E-state index contributed by atoms with van der Waals surface area (Å²) in [6, 6.07) is 12.4. The first-order valence-corrected chi connectivity index (χ1v) is 6.82. The molecule has 0 aliphatic carbocycles. The van der Waals surface area contributed by atoms with E-state index in [0.29, 0.717) is 11.3 Å². The van der Waals surface area contributed by atoms with Crippen LogP contribution in [-0.2, 0) is 0 Å². The van der Waals surface area contributed by atoms with E-state index < -0.39 is 0 Å². The number of nitrogens with zero attached hydrogens (tertiary/aromatic N) is 1. The Bertz CT molecular complexity index is 586. The van der Waals surface area contributed by atoms with E-state index in [-0.39, 0.29) is 11.9 Å². The van der Waals surface area contributed by atoms with Crippen LogP contribution in [0.4, 0.5) is 15.8 Å². The van der Waals surface area contributed by atoms with Crippen molar-refractivity contribution in [2.75, 3.05) is 17.7 Å². The van der Waals surface area contributed by atoms with Crippen LogP contribution < -0.4 is 10.6 Å². The highest BCUT2D eigenvalue weighted by Crippen LogP contribution is 2.32. The van der Waals surface area contributed by atoms with Gasteiger partial charge in [-0.25, -0.2) is 4.39 Å². The van der Waals surface area contributed by atoms with E-state index in [4.69, 9.17) is 5.73 Å². The highest BCUT2D eigenvalue weighted by molar-refractivity contribution is 9.10. The Morgan fingerprint density at radius 2 is 1.89 bits per heavy atom. The van der Waals surface area contributed by atoms with E-state index in [1.807, 2.05) is 43.1 Å². The van der Waals surface area contributed by atoms with Gasteiger partial charge in [-0.1, -0.05) is 34.1 Å². The summed E-state index contributed by atoms with van der Waals surface area (Å²) in [6.45, 7) is 1.96. The van der Waals surface area contributed by atoms with Crippen molar-refractivity contribution < 1.29 is 4.39 Å². The molecule has 100 valence electrons. The number of nitrogen functional groups attached to an aromatic ring is 1. The Morgan fingerprint density at radius 1 is 1.21 bits per heavy atom. The number of halogens is 2. The fourth-order valence-corrected chi connectivity index (χ4v) is 2.46. The Hall–Kier alpha value is -1.55. The van der Waals surface area contributed by atoms with E-state index >= 15 is 0 Å². The van der Waals surface area contributed by atoms with Crippen LogP contribution >= 0.6 is 15.9 Å². The molecule has 0 aliphatic heterocycles. The summed E-state index contributed by atoms with van der Waals surface area (Å²) in [7, 11) is 1.91. The molecule has 0 radical (unpaired) electrons. The number of rotatable bonds is 3. The summed E-state index contributed by atoms with van der Waals surface area (Å²) < 4.78 is 14.7. The van der Waals surface area contributed by atoms with Crippen molar-refractivity contribution >= 4 is 27.3 Å². The second-order valence-electron chi connectivity index (χ2n) is 4.51. The second-order valence-corrected chi connectivity index (χ2v) is 5.43. The molecular formula is C15H16BrFN2. The van der Waals surface area contributed by atoms with Crippen LogP contribution in [0.5, 0.6) is 0 Å². The molecule has 2 aromatic rings. The first-order chi connectivity index (χ1) is 9.00. The molecule has 0 amide bonds. The summed E-state index contributed by atoms with van der Waals surface area (Å²) in [6.07, 6.45) is 0. The van der Waals surface area contributed by atoms with Crippen molar-refractivity contribution in [3.05, 3.63) is 58.3 Å². The van der Waals surface area contributed by atoms with Crippen molar-refractivity contribution in [1.82, 2.24) is 0 Å². The number of benzene rings is 2. The average molecular weight is 323 g/mol. The number of hydrogen-bond acceptors (Lipinski definition) is 2. The molecule has 0 fully saturated rings. The second kappa shape index (κ2) is 5.61. The predicted molar refractivity (Wildman–Crippen MR) is 81.8 cm³/mol. The van der Waals surface area contributed by atoms with Crippen LogP contribution in [-0.4, -0.2) is 7.05 Å². The van der Waals surface area contributed by atoms with Crippen LogP contribution in [0.2, 0.25) is 0 Å². The van der Waals surface area contributed by atoms with Gasteiger partial charge in [-0.15, -0.1) is 0 Å². The zero-order valence-corrected chi connectivity index (χ0v) is 12.5. The monoisotopic (exact) mass is 322 g/mol. The molecule has 1 unspecified atom stereocenters. The Labute approximate surface area is 121 Å². The van der Waals surface area contributed by atoms with Crippen LogP contribution in [0.25, 0.3) is 0 Å². The SMILES string of the molecule is CC(c1ccccc1F)N(C)c1ccc(Br)cc1N. The van der Waals surface area contributed by atoms with E-state index in [0.717, 1.165) is 10.2 Å². The summed E-state index contributed by atoms with van der Waals surface area (Å²) in [5, 5.41) is 0. The molecule has 0 spiro atoms. The zero-order chi connectivity index (χ0) is 14.0. The number of hydrogen-bond donors (Lipinski definition) is 1. The first kappa shape index (κ1) is 13.9. The smallest absolute Gasteiger partial charge is 0.128 e. The topological polar surface area (TPSA) is 29.3 Å². The molecule has 0 bridgehead atoms. The maximum Gasteiger partial charge on any atom is 0.128 e. The van der Waals surface area contributed by atoms with Crippen molar-refractivity contribution in [3.8, 4) is 0 Å². The maximum atomic E-state index is 13.8. The first-order valence-electron chi connectivity index (χ1n) is 6.03. The minimum atomic E-state index is -0.197. The molecule has 2 N–H and O–H groups in total. The van der Waals surface area contributed by atoms with Gasteiger partial charge in [0.05, 0.1) is 17.4 Å². The lowest BCUT2D eigenvalue weighted by Gasteiger charge is -2.28. The molecule has 19 heavy (non-hydrogen) atoms. The maximum absolute atomic E-state index is 13.8. The number of anilines is 2. The minimum absolute atomic E-state index is 0.0929. The fraction of sp³-hybridized carbons (Fsp3) is 0.200. The minimum Gasteiger partial charge on any atom is -0.397 e. The van der Waals surface area contributed by atoms with Gasteiger partial charge in [-0.2, -0.15) is 0 Å². The lowest BCUT2D eigenvalue weighted by atomic mass is 10.1. The lowest BCUT2D eigenvalue weighted by Crippen LogP contribution is -2.23. The van der Waals surface area contributed by atoms with Gasteiger partial charge in [0, 0.05) is 17.1 Å². The van der Waals surface area contributed by atoms with Crippen LogP contribution in [0.15, 0.2) is 46.9 Å². The van der Waals surface area contributed by atoms with Crippen molar-refractivity contribution in [3.63, 3.8) is 0 Å². The van der Waals surface area contributed by atoms with Crippen LogP contribution in [0.1, 0.15) is 18.5 Å². The predicted octanol–water partition coefficient (Wildman–Crippen LogP) is 4.37. The highest BCUT2D eigenvalue weighted by atomic mass is 79.9. The van der Waals surface area contributed by atoms with Gasteiger partial charge in [-0.3, -0.25) is 0 Å². The molecule has 0 heterocycles. The van der Waals surface area contributed by atoms with Crippen molar-refractivity contribution in [1.29, 1.82) is 0 Å². The highest BCUT2D eigenvalue weighted by Gasteiger charge is 2.17. The fourth-order valence-electron chi connectivity index (χ4n) is 2.08. The van der Waals surface area contributed by atoms with Crippen molar-refractivity contribution in [2.45, 2.75) is 13.0 Å². The van der Waals surface area contributed by atoms with E-state index in [1.165, 1.54) is 6.07 Å². The Morgan fingerprint density at radius 3 is 2.53 bits per heavy atom. The quantitative estimate of drug-likeness (QED) is 0.850. The summed E-state index contributed by atoms with van der Waals surface area (Å²) >= 11 is 3.38. The third kappa shape index (κ3) is 2.89. The van der Waals surface area contributed by atoms with Crippen molar-refractivity contribution in [2.24, 2.45) is 0 Å². The van der Waals surface area contributed by atoms with Gasteiger partial charge in [0.15, 0.2) is 0 Å². The van der Waals surface area contributed by atoms with Crippen LogP contribution in [0, 0.1) is 5.82 Å². The number of nitrogens with two attached hydrogens (primary N) is 1.